The molecule has 0 radical (unpaired) electrons. The maximum atomic E-state index is 12.6. The van der Waals surface area contributed by atoms with Crippen LogP contribution in [-0.4, -0.2) is 31.9 Å². The summed E-state index contributed by atoms with van der Waals surface area (Å²) >= 11 is 0. The molecule has 1 aromatic carbocycles. The third kappa shape index (κ3) is 3.22. The molecule has 112 valence electrons. The van der Waals surface area contributed by atoms with E-state index < -0.39 is 10.0 Å². The lowest BCUT2D eigenvalue weighted by atomic mass is 9.96. The van der Waals surface area contributed by atoms with Crippen LogP contribution in [0, 0.1) is 5.92 Å². The van der Waals surface area contributed by atoms with Crippen molar-refractivity contribution in [2.45, 2.75) is 44.0 Å². The SMILES string of the molecule is CCCc1ccc(S(=O)(=O)N2CCC(C)C(N)C2)cc1. The van der Waals surface area contributed by atoms with Gasteiger partial charge < -0.3 is 5.73 Å². The fraction of sp³-hybridized carbons (Fsp3) is 0.600. The van der Waals surface area contributed by atoms with E-state index in [4.69, 9.17) is 5.73 Å². The molecule has 2 N–H and O–H groups in total. The number of aryl methyl sites for hydroxylation is 1. The van der Waals surface area contributed by atoms with Crippen molar-refractivity contribution in [1.29, 1.82) is 0 Å². The number of piperidine rings is 1. The first-order valence-electron chi connectivity index (χ1n) is 7.30. The fourth-order valence-corrected chi connectivity index (χ4v) is 4.04. The molecule has 0 spiro atoms. The van der Waals surface area contributed by atoms with Crippen molar-refractivity contribution in [1.82, 2.24) is 4.31 Å². The normalized spacial score (nSPS) is 24.8. The highest BCUT2D eigenvalue weighted by Crippen LogP contribution is 2.23. The molecule has 1 fully saturated rings. The molecule has 4 nitrogen and oxygen atoms in total. The van der Waals surface area contributed by atoms with Crippen LogP contribution in [0.2, 0.25) is 0 Å². The quantitative estimate of drug-likeness (QED) is 0.924. The zero-order valence-electron chi connectivity index (χ0n) is 12.2. The van der Waals surface area contributed by atoms with Crippen LogP contribution in [0.1, 0.15) is 32.3 Å². The van der Waals surface area contributed by atoms with Crippen molar-refractivity contribution < 1.29 is 8.42 Å². The summed E-state index contributed by atoms with van der Waals surface area (Å²) in [6, 6.07) is 7.16. The second-order valence-corrected chi connectivity index (χ2v) is 7.62. The van der Waals surface area contributed by atoms with Crippen molar-refractivity contribution in [3.8, 4) is 0 Å². The number of hydrogen-bond acceptors (Lipinski definition) is 3. The number of sulfonamides is 1. The lowest BCUT2D eigenvalue weighted by Gasteiger charge is -2.34. The van der Waals surface area contributed by atoms with E-state index in [0.717, 1.165) is 19.3 Å². The molecular weight excluding hydrogens is 272 g/mol. The van der Waals surface area contributed by atoms with E-state index in [-0.39, 0.29) is 6.04 Å². The summed E-state index contributed by atoms with van der Waals surface area (Å²) in [6.45, 7) is 5.17. The molecule has 0 aromatic heterocycles. The summed E-state index contributed by atoms with van der Waals surface area (Å²) in [6.07, 6.45) is 2.87. The first-order chi connectivity index (χ1) is 9.45. The van der Waals surface area contributed by atoms with Crippen molar-refractivity contribution in [3.05, 3.63) is 29.8 Å². The molecule has 0 aliphatic carbocycles. The minimum absolute atomic E-state index is 0.0714. The molecule has 1 aromatic rings. The molecular formula is C15H24N2O2S. The van der Waals surface area contributed by atoms with Crippen LogP contribution < -0.4 is 5.73 Å². The van der Waals surface area contributed by atoms with Gasteiger partial charge in [-0.15, -0.1) is 0 Å². The van der Waals surface area contributed by atoms with Crippen LogP contribution in [0.5, 0.6) is 0 Å². The molecule has 1 aliphatic heterocycles. The fourth-order valence-electron chi connectivity index (χ4n) is 2.55. The Morgan fingerprint density at radius 2 is 1.95 bits per heavy atom. The Morgan fingerprint density at radius 1 is 1.30 bits per heavy atom. The van der Waals surface area contributed by atoms with E-state index in [2.05, 4.69) is 13.8 Å². The van der Waals surface area contributed by atoms with Gasteiger partial charge in [-0.05, 0) is 36.5 Å². The Kier molecular flexibility index (Phi) is 4.83. The molecule has 0 bridgehead atoms. The van der Waals surface area contributed by atoms with Crippen LogP contribution in [0.15, 0.2) is 29.2 Å². The molecule has 5 heteroatoms. The molecule has 2 rings (SSSR count). The van der Waals surface area contributed by atoms with Crippen molar-refractivity contribution in [2.24, 2.45) is 11.7 Å². The van der Waals surface area contributed by atoms with Gasteiger partial charge in [0.25, 0.3) is 0 Å². The summed E-state index contributed by atoms with van der Waals surface area (Å²) in [7, 11) is -3.40. The third-order valence-corrected chi connectivity index (χ3v) is 5.96. The van der Waals surface area contributed by atoms with E-state index in [1.807, 2.05) is 12.1 Å². The topological polar surface area (TPSA) is 63.4 Å². The number of benzene rings is 1. The largest absolute Gasteiger partial charge is 0.326 e. The minimum Gasteiger partial charge on any atom is -0.326 e. The Hall–Kier alpha value is -0.910. The Bertz CT molecular complexity index is 539. The molecule has 0 saturated carbocycles. The number of rotatable bonds is 4. The van der Waals surface area contributed by atoms with E-state index in [1.54, 1.807) is 12.1 Å². The first kappa shape index (κ1) is 15.5. The van der Waals surface area contributed by atoms with Crippen LogP contribution in [0.3, 0.4) is 0 Å². The number of nitrogens with zero attached hydrogens (tertiary/aromatic N) is 1. The zero-order valence-corrected chi connectivity index (χ0v) is 13.1. The van der Waals surface area contributed by atoms with E-state index in [9.17, 15) is 8.42 Å². The zero-order chi connectivity index (χ0) is 14.8. The highest BCUT2D eigenvalue weighted by Gasteiger charge is 2.31. The van der Waals surface area contributed by atoms with Crippen molar-refractivity contribution in [2.75, 3.05) is 13.1 Å². The Morgan fingerprint density at radius 3 is 2.50 bits per heavy atom. The molecule has 20 heavy (non-hydrogen) atoms. The van der Waals surface area contributed by atoms with Crippen LogP contribution in [0.25, 0.3) is 0 Å². The summed E-state index contributed by atoms with van der Waals surface area (Å²) in [5.74, 6) is 0.383. The average molecular weight is 296 g/mol. The molecule has 0 amide bonds. The van der Waals surface area contributed by atoms with Gasteiger partial charge in [-0.2, -0.15) is 4.31 Å². The maximum absolute atomic E-state index is 12.6. The predicted molar refractivity (Wildman–Crippen MR) is 81.0 cm³/mol. The summed E-state index contributed by atoms with van der Waals surface area (Å²) < 4.78 is 26.7. The number of nitrogens with two attached hydrogens (primary N) is 1. The maximum Gasteiger partial charge on any atom is 0.243 e. The summed E-state index contributed by atoms with van der Waals surface area (Å²) in [4.78, 5) is 0.374. The smallest absolute Gasteiger partial charge is 0.243 e. The van der Waals surface area contributed by atoms with Gasteiger partial charge in [0.1, 0.15) is 0 Å². The highest BCUT2D eigenvalue weighted by molar-refractivity contribution is 7.89. The standard InChI is InChI=1S/C15H24N2O2S/c1-3-4-13-5-7-14(8-6-13)20(18,19)17-10-9-12(2)15(16)11-17/h5-8,12,15H,3-4,9-11,16H2,1-2H3. The highest BCUT2D eigenvalue weighted by atomic mass is 32.2. The monoisotopic (exact) mass is 296 g/mol. The van der Waals surface area contributed by atoms with Gasteiger partial charge in [0.2, 0.25) is 10.0 Å². The second kappa shape index (κ2) is 6.24. The van der Waals surface area contributed by atoms with Gasteiger partial charge in [0.15, 0.2) is 0 Å². The van der Waals surface area contributed by atoms with Gasteiger partial charge in [-0.25, -0.2) is 8.42 Å². The van der Waals surface area contributed by atoms with Crippen LogP contribution in [-0.2, 0) is 16.4 Å². The average Bonchev–Trinajstić information content (AvgIpc) is 2.43. The summed E-state index contributed by atoms with van der Waals surface area (Å²) in [5.41, 5.74) is 7.18. The van der Waals surface area contributed by atoms with Crippen LogP contribution in [0.4, 0.5) is 0 Å². The summed E-state index contributed by atoms with van der Waals surface area (Å²) in [5, 5.41) is 0. The van der Waals surface area contributed by atoms with Gasteiger partial charge in [-0.3, -0.25) is 0 Å². The van der Waals surface area contributed by atoms with Crippen LogP contribution >= 0.6 is 0 Å². The second-order valence-electron chi connectivity index (χ2n) is 5.69. The van der Waals surface area contributed by atoms with Gasteiger partial charge in [-0.1, -0.05) is 32.4 Å². The van der Waals surface area contributed by atoms with Gasteiger partial charge in [0.05, 0.1) is 4.90 Å². The molecule has 1 saturated heterocycles. The van der Waals surface area contributed by atoms with Gasteiger partial charge in [0, 0.05) is 19.1 Å². The van der Waals surface area contributed by atoms with E-state index in [1.165, 1.54) is 9.87 Å². The molecule has 1 heterocycles. The van der Waals surface area contributed by atoms with Crippen molar-refractivity contribution in [3.63, 3.8) is 0 Å². The minimum atomic E-state index is -3.40. The Balaban J connectivity index is 2.17. The van der Waals surface area contributed by atoms with E-state index in [0.29, 0.717) is 23.9 Å². The van der Waals surface area contributed by atoms with Crippen molar-refractivity contribution >= 4 is 10.0 Å². The Labute approximate surface area is 122 Å². The molecule has 1 aliphatic rings. The lowest BCUT2D eigenvalue weighted by molar-refractivity contribution is 0.253. The lowest BCUT2D eigenvalue weighted by Crippen LogP contribution is -2.49. The predicted octanol–water partition coefficient (Wildman–Crippen LogP) is 2.00. The first-order valence-corrected chi connectivity index (χ1v) is 8.74. The molecule has 2 atom stereocenters. The molecule has 2 unspecified atom stereocenters. The third-order valence-electron chi connectivity index (χ3n) is 4.08. The van der Waals surface area contributed by atoms with E-state index >= 15 is 0 Å². The number of hydrogen-bond donors (Lipinski definition) is 1. The van der Waals surface area contributed by atoms with Gasteiger partial charge >= 0.3 is 0 Å².